The Morgan fingerprint density at radius 1 is 1.11 bits per heavy atom. The largest absolute Gasteiger partial charge is 0.449 e. The minimum atomic E-state index is -3.58. The molecule has 1 saturated carbocycles. The molecule has 2 unspecified atom stereocenters. The number of carbonyl (C=O) groups excluding carboxylic acids is 2. The van der Waals surface area contributed by atoms with E-state index in [4.69, 9.17) is 4.74 Å². The van der Waals surface area contributed by atoms with E-state index in [1.807, 2.05) is 0 Å². The van der Waals surface area contributed by atoms with E-state index in [0.29, 0.717) is 6.07 Å². The fraction of sp³-hybridized carbons (Fsp3) is 0.440. The van der Waals surface area contributed by atoms with E-state index in [2.05, 4.69) is 5.32 Å². The maximum absolute atomic E-state index is 15.6. The Morgan fingerprint density at radius 3 is 2.44 bits per heavy atom. The molecule has 0 bridgehead atoms. The summed E-state index contributed by atoms with van der Waals surface area (Å²) in [6, 6.07) is 5.16. The summed E-state index contributed by atoms with van der Waals surface area (Å²) in [7, 11) is 0. The molecule has 36 heavy (non-hydrogen) atoms. The molecular weight excluding hydrogens is 490 g/mol. The number of alkyl carbamates (subject to hydrolysis) is 1. The van der Waals surface area contributed by atoms with E-state index >= 15 is 13.2 Å². The molecule has 1 spiro atoms. The first-order valence-corrected chi connectivity index (χ1v) is 11.5. The summed E-state index contributed by atoms with van der Waals surface area (Å²) >= 11 is 0. The Labute approximate surface area is 202 Å². The van der Waals surface area contributed by atoms with Crippen molar-refractivity contribution in [2.45, 2.75) is 49.4 Å². The predicted octanol–water partition coefficient (Wildman–Crippen LogP) is 4.78. The lowest BCUT2D eigenvalue weighted by atomic mass is 9.79. The maximum atomic E-state index is 15.6. The van der Waals surface area contributed by atoms with Gasteiger partial charge in [-0.3, -0.25) is 4.79 Å². The van der Waals surface area contributed by atoms with Crippen molar-refractivity contribution in [3.8, 4) is 11.1 Å². The predicted molar refractivity (Wildman–Crippen MR) is 115 cm³/mol. The zero-order valence-corrected chi connectivity index (χ0v) is 18.9. The number of halogens is 6. The lowest BCUT2D eigenvalue weighted by Crippen LogP contribution is -2.68. The van der Waals surface area contributed by atoms with E-state index in [1.165, 1.54) is 18.2 Å². The van der Waals surface area contributed by atoms with Crippen molar-refractivity contribution >= 4 is 12.0 Å². The molecular formula is C25H22F6N2O3. The highest BCUT2D eigenvalue weighted by molar-refractivity contribution is 5.82. The minimum Gasteiger partial charge on any atom is -0.449 e. The van der Waals surface area contributed by atoms with Crippen molar-refractivity contribution in [1.29, 1.82) is 0 Å². The molecule has 5 rings (SSSR count). The average Bonchev–Trinajstić information content (AvgIpc) is 2.98. The first-order valence-electron chi connectivity index (χ1n) is 11.5. The molecule has 0 aromatic heterocycles. The van der Waals surface area contributed by atoms with Gasteiger partial charge in [-0.1, -0.05) is 18.2 Å². The zero-order valence-electron chi connectivity index (χ0n) is 18.9. The summed E-state index contributed by atoms with van der Waals surface area (Å²) < 4.78 is 92.3. The first kappa shape index (κ1) is 24.5. The van der Waals surface area contributed by atoms with Gasteiger partial charge in [0.25, 0.3) is 5.92 Å². The minimum absolute atomic E-state index is 0.0882. The van der Waals surface area contributed by atoms with Gasteiger partial charge in [0.2, 0.25) is 5.91 Å². The van der Waals surface area contributed by atoms with Crippen LogP contribution >= 0.6 is 0 Å². The lowest BCUT2D eigenvalue weighted by Gasteiger charge is -2.43. The van der Waals surface area contributed by atoms with Crippen molar-refractivity contribution < 1.29 is 40.7 Å². The number of hydrogen-bond donors (Lipinski definition) is 1. The lowest BCUT2D eigenvalue weighted by molar-refractivity contribution is -0.142. The topological polar surface area (TPSA) is 58.6 Å². The summed E-state index contributed by atoms with van der Waals surface area (Å²) in [5.41, 5.74) is -2.56. The third kappa shape index (κ3) is 3.98. The van der Waals surface area contributed by atoms with Crippen LogP contribution in [0.5, 0.6) is 0 Å². The van der Waals surface area contributed by atoms with Gasteiger partial charge in [-0.2, -0.15) is 0 Å². The normalized spacial score (nSPS) is 29.0. The van der Waals surface area contributed by atoms with Crippen LogP contribution in [-0.2, 0) is 16.0 Å². The quantitative estimate of drug-likeness (QED) is 0.601. The molecule has 0 radical (unpaired) electrons. The molecule has 2 amide bonds. The Kier molecular flexibility index (Phi) is 5.91. The van der Waals surface area contributed by atoms with Crippen molar-refractivity contribution in [3.05, 3.63) is 59.4 Å². The number of benzene rings is 2. The Hall–Kier alpha value is -3.24. The van der Waals surface area contributed by atoms with Gasteiger partial charge >= 0.3 is 6.09 Å². The zero-order chi connectivity index (χ0) is 25.8. The molecule has 2 aromatic carbocycles. The fourth-order valence-electron chi connectivity index (χ4n) is 5.46. The Bertz CT molecular complexity index is 1200. The van der Waals surface area contributed by atoms with Crippen LogP contribution in [0.25, 0.3) is 11.1 Å². The van der Waals surface area contributed by atoms with Crippen molar-refractivity contribution in [2.75, 3.05) is 13.2 Å². The van der Waals surface area contributed by atoms with E-state index < -0.39 is 72.0 Å². The number of nitrogens with zero attached hydrogens (tertiary/aromatic N) is 1. The SMILES string of the molecule is O=C1NC2(CCO1)C(Cc1cccc(-c3cc(F)cc(F)c3)c1F)N(C(=O)[C@H]1C[C@@H](F)C1)CC2(F)F. The van der Waals surface area contributed by atoms with Crippen LogP contribution in [0.2, 0.25) is 0 Å². The molecule has 11 heteroatoms. The van der Waals surface area contributed by atoms with Crippen molar-refractivity contribution in [2.24, 2.45) is 5.92 Å². The molecule has 2 heterocycles. The molecule has 1 N–H and O–H groups in total. The molecule has 2 atom stereocenters. The number of carbonyl (C=O) groups is 2. The van der Waals surface area contributed by atoms with Gasteiger partial charge in [0.15, 0.2) is 0 Å². The highest BCUT2D eigenvalue weighted by Crippen LogP contribution is 2.48. The van der Waals surface area contributed by atoms with E-state index in [9.17, 15) is 22.8 Å². The number of amides is 2. The summed E-state index contributed by atoms with van der Waals surface area (Å²) in [5.74, 6) is -7.78. The summed E-state index contributed by atoms with van der Waals surface area (Å²) in [6.07, 6.45) is -3.23. The number of cyclic esters (lactones) is 1. The van der Waals surface area contributed by atoms with Crippen LogP contribution in [0.1, 0.15) is 24.8 Å². The molecule has 3 fully saturated rings. The van der Waals surface area contributed by atoms with Gasteiger partial charge in [0, 0.05) is 24.0 Å². The van der Waals surface area contributed by atoms with Gasteiger partial charge in [0.05, 0.1) is 19.2 Å². The molecule has 2 aliphatic heterocycles. The number of rotatable bonds is 4. The summed E-state index contributed by atoms with van der Waals surface area (Å²) in [5, 5.41) is 2.20. The van der Waals surface area contributed by atoms with Gasteiger partial charge in [-0.25, -0.2) is 31.1 Å². The summed E-state index contributed by atoms with van der Waals surface area (Å²) in [4.78, 5) is 26.1. The number of alkyl halides is 3. The second-order valence-electron chi connectivity index (χ2n) is 9.58. The number of nitrogens with one attached hydrogen (secondary N) is 1. The second kappa shape index (κ2) is 8.70. The van der Waals surface area contributed by atoms with Crippen LogP contribution in [0.15, 0.2) is 36.4 Å². The first-order chi connectivity index (χ1) is 17.0. The Balaban J connectivity index is 1.55. The monoisotopic (exact) mass is 512 g/mol. The third-order valence-electron chi connectivity index (χ3n) is 7.40. The molecule has 192 valence electrons. The van der Waals surface area contributed by atoms with Crippen LogP contribution in [-0.4, -0.2) is 53.7 Å². The molecule has 3 aliphatic rings. The van der Waals surface area contributed by atoms with Crippen LogP contribution in [0, 0.1) is 23.4 Å². The van der Waals surface area contributed by atoms with Crippen LogP contribution in [0.4, 0.5) is 31.1 Å². The van der Waals surface area contributed by atoms with Crippen LogP contribution < -0.4 is 5.32 Å². The van der Waals surface area contributed by atoms with Gasteiger partial charge in [-0.15, -0.1) is 0 Å². The van der Waals surface area contributed by atoms with Gasteiger partial charge in [0.1, 0.15) is 29.2 Å². The summed E-state index contributed by atoms with van der Waals surface area (Å²) in [6.45, 7) is -1.36. The smallest absolute Gasteiger partial charge is 0.407 e. The van der Waals surface area contributed by atoms with E-state index in [1.54, 1.807) is 0 Å². The highest BCUT2D eigenvalue weighted by atomic mass is 19.3. The van der Waals surface area contributed by atoms with Crippen molar-refractivity contribution in [3.63, 3.8) is 0 Å². The molecule has 2 saturated heterocycles. The molecule has 1 aliphatic carbocycles. The van der Waals surface area contributed by atoms with Gasteiger partial charge < -0.3 is 15.0 Å². The van der Waals surface area contributed by atoms with Crippen molar-refractivity contribution in [1.82, 2.24) is 10.2 Å². The van der Waals surface area contributed by atoms with E-state index in [0.717, 1.165) is 17.0 Å². The Morgan fingerprint density at radius 2 is 1.81 bits per heavy atom. The average molecular weight is 512 g/mol. The number of ether oxygens (including phenoxy) is 1. The standard InChI is InChI=1S/C25H22F6N2O3/c26-16-8-15(9-16)22(34)33-12-25(30,31)24(4-5-36-23(35)32-24)20(33)10-13-2-1-3-19(21(13)29)14-6-17(27)11-18(28)7-14/h1-3,6-7,11,15-16,20H,4-5,8-10,12H2,(H,32,35)/t15-,16+,20?,24?. The highest BCUT2D eigenvalue weighted by Gasteiger charge is 2.69. The number of likely N-dealkylation sites (tertiary alicyclic amines) is 1. The number of hydrogen-bond acceptors (Lipinski definition) is 3. The van der Waals surface area contributed by atoms with E-state index in [-0.39, 0.29) is 42.6 Å². The molecule has 5 nitrogen and oxygen atoms in total. The third-order valence-corrected chi connectivity index (χ3v) is 7.40. The van der Waals surface area contributed by atoms with Crippen LogP contribution in [0.3, 0.4) is 0 Å². The fourth-order valence-corrected chi connectivity index (χ4v) is 5.46. The second-order valence-corrected chi connectivity index (χ2v) is 9.58. The maximum Gasteiger partial charge on any atom is 0.407 e. The molecule has 2 aromatic rings. The van der Waals surface area contributed by atoms with Gasteiger partial charge in [-0.05, 0) is 42.5 Å².